The van der Waals surface area contributed by atoms with Crippen molar-refractivity contribution < 1.29 is 0 Å². The minimum Gasteiger partial charge on any atom is -0.365 e. The van der Waals surface area contributed by atoms with Crippen molar-refractivity contribution in [3.63, 3.8) is 0 Å². The zero-order valence-corrected chi connectivity index (χ0v) is 10.5. The topological polar surface area (TPSA) is 39.1 Å². The van der Waals surface area contributed by atoms with Gasteiger partial charge in [-0.3, -0.25) is 0 Å². The van der Waals surface area contributed by atoms with Crippen LogP contribution in [-0.4, -0.2) is 25.7 Å². The summed E-state index contributed by atoms with van der Waals surface area (Å²) in [7, 11) is 0. The maximum atomic E-state index is 8.92. The van der Waals surface area contributed by atoms with Crippen LogP contribution in [-0.2, 0) is 0 Å². The number of nitrogens with zero attached hydrogens (tertiary/aromatic N) is 2. The van der Waals surface area contributed by atoms with Gasteiger partial charge in [0.05, 0.1) is 18.5 Å². The lowest BCUT2D eigenvalue weighted by atomic mass is 10.0. The second-order valence-electron chi connectivity index (χ2n) is 4.65. The molecule has 1 saturated heterocycles. The molecule has 0 aliphatic carbocycles. The highest BCUT2D eigenvalue weighted by Gasteiger charge is 2.24. The highest BCUT2D eigenvalue weighted by atomic mass is 15.2. The van der Waals surface area contributed by atoms with Crippen molar-refractivity contribution in [1.82, 2.24) is 5.32 Å². The molecule has 1 atom stereocenters. The molecule has 1 aliphatic heterocycles. The van der Waals surface area contributed by atoms with Gasteiger partial charge in [-0.2, -0.15) is 5.26 Å². The average Bonchev–Trinajstić information content (AvgIpc) is 2.31. The molecule has 0 aromatic heterocycles. The molecule has 1 aliphatic rings. The fraction of sp³-hybridized carbons (Fsp3) is 0.500. The van der Waals surface area contributed by atoms with Crippen LogP contribution in [0.15, 0.2) is 18.2 Å². The van der Waals surface area contributed by atoms with Gasteiger partial charge in [0.2, 0.25) is 0 Å². The molecular formula is C14H19N3. The number of nitriles is 1. The first kappa shape index (κ1) is 11.9. The molecule has 90 valence electrons. The lowest BCUT2D eigenvalue weighted by Gasteiger charge is -2.38. The Morgan fingerprint density at radius 3 is 2.76 bits per heavy atom. The van der Waals surface area contributed by atoms with Crippen molar-refractivity contribution in [2.45, 2.75) is 26.3 Å². The van der Waals surface area contributed by atoms with Gasteiger partial charge in [-0.25, -0.2) is 0 Å². The molecule has 2 rings (SSSR count). The van der Waals surface area contributed by atoms with Gasteiger partial charge in [0.25, 0.3) is 0 Å². The Labute approximate surface area is 103 Å². The van der Waals surface area contributed by atoms with E-state index >= 15 is 0 Å². The van der Waals surface area contributed by atoms with Crippen molar-refractivity contribution in [1.29, 1.82) is 5.26 Å². The Kier molecular flexibility index (Phi) is 3.65. The number of piperazine rings is 1. The summed E-state index contributed by atoms with van der Waals surface area (Å²) in [6.45, 7) is 7.18. The predicted molar refractivity (Wildman–Crippen MR) is 70.1 cm³/mol. The van der Waals surface area contributed by atoms with E-state index in [9.17, 15) is 0 Å². The van der Waals surface area contributed by atoms with Crippen LogP contribution in [0.5, 0.6) is 0 Å². The summed E-state index contributed by atoms with van der Waals surface area (Å²) in [6, 6.07) is 8.98. The zero-order chi connectivity index (χ0) is 12.3. The molecule has 3 heteroatoms. The molecule has 0 spiro atoms. The van der Waals surface area contributed by atoms with Crippen molar-refractivity contribution in [2.75, 3.05) is 24.5 Å². The number of para-hydroxylation sites is 1. The number of rotatable bonds is 2. The van der Waals surface area contributed by atoms with Gasteiger partial charge in [0, 0.05) is 25.3 Å². The van der Waals surface area contributed by atoms with Gasteiger partial charge in [-0.15, -0.1) is 0 Å². The number of benzene rings is 1. The highest BCUT2D eigenvalue weighted by molar-refractivity contribution is 5.60. The summed E-state index contributed by atoms with van der Waals surface area (Å²) in [6.07, 6.45) is 0.584. The first-order chi connectivity index (χ1) is 8.24. The lowest BCUT2D eigenvalue weighted by Crippen LogP contribution is -2.51. The van der Waals surface area contributed by atoms with E-state index in [1.165, 1.54) is 16.8 Å². The van der Waals surface area contributed by atoms with E-state index < -0.39 is 0 Å². The molecule has 1 unspecified atom stereocenters. The Morgan fingerprint density at radius 2 is 2.12 bits per heavy atom. The molecule has 1 aromatic carbocycles. The minimum absolute atomic E-state index is 0.300. The van der Waals surface area contributed by atoms with Crippen molar-refractivity contribution >= 4 is 5.69 Å². The van der Waals surface area contributed by atoms with Gasteiger partial charge < -0.3 is 10.2 Å². The zero-order valence-electron chi connectivity index (χ0n) is 10.5. The van der Waals surface area contributed by atoms with Crippen LogP contribution in [0.3, 0.4) is 0 Å². The first-order valence-corrected chi connectivity index (χ1v) is 6.14. The summed E-state index contributed by atoms with van der Waals surface area (Å²) in [5.74, 6) is 0. The molecule has 1 aromatic rings. The molecule has 0 bridgehead atoms. The molecule has 3 nitrogen and oxygen atoms in total. The molecule has 1 heterocycles. The van der Waals surface area contributed by atoms with Crippen LogP contribution >= 0.6 is 0 Å². The third kappa shape index (κ3) is 2.42. The maximum Gasteiger partial charge on any atom is 0.0643 e. The summed E-state index contributed by atoms with van der Waals surface area (Å²) < 4.78 is 0. The third-order valence-electron chi connectivity index (χ3n) is 3.40. The minimum atomic E-state index is 0.300. The van der Waals surface area contributed by atoms with E-state index in [0.717, 1.165) is 19.6 Å². The number of nitrogens with one attached hydrogen (secondary N) is 1. The summed E-state index contributed by atoms with van der Waals surface area (Å²) in [5, 5.41) is 12.3. The predicted octanol–water partition coefficient (Wildman–Crippen LogP) is 2.00. The summed E-state index contributed by atoms with van der Waals surface area (Å²) in [4.78, 5) is 2.39. The van der Waals surface area contributed by atoms with Crippen LogP contribution in [0, 0.1) is 25.2 Å². The van der Waals surface area contributed by atoms with Gasteiger partial charge in [0.15, 0.2) is 0 Å². The van der Waals surface area contributed by atoms with Crippen molar-refractivity contribution in [3.8, 4) is 6.07 Å². The molecule has 1 fully saturated rings. The SMILES string of the molecule is Cc1cccc(C)c1N1CCNCC1CC#N. The van der Waals surface area contributed by atoms with E-state index in [2.05, 4.69) is 48.3 Å². The highest BCUT2D eigenvalue weighted by Crippen LogP contribution is 2.27. The van der Waals surface area contributed by atoms with Crippen LogP contribution in [0.2, 0.25) is 0 Å². The van der Waals surface area contributed by atoms with Crippen LogP contribution < -0.4 is 10.2 Å². The van der Waals surface area contributed by atoms with Gasteiger partial charge in [-0.1, -0.05) is 18.2 Å². The molecule has 0 amide bonds. The Bertz CT molecular complexity index is 413. The van der Waals surface area contributed by atoms with Crippen LogP contribution in [0.1, 0.15) is 17.5 Å². The number of anilines is 1. The Balaban J connectivity index is 2.33. The van der Waals surface area contributed by atoms with E-state index in [1.54, 1.807) is 0 Å². The van der Waals surface area contributed by atoms with Crippen LogP contribution in [0.25, 0.3) is 0 Å². The smallest absolute Gasteiger partial charge is 0.0643 e. The van der Waals surface area contributed by atoms with Crippen molar-refractivity contribution in [2.24, 2.45) is 0 Å². The second kappa shape index (κ2) is 5.20. The quantitative estimate of drug-likeness (QED) is 0.843. The second-order valence-corrected chi connectivity index (χ2v) is 4.65. The number of hydrogen-bond acceptors (Lipinski definition) is 3. The fourth-order valence-electron chi connectivity index (χ4n) is 2.60. The number of hydrogen-bond donors (Lipinski definition) is 1. The van der Waals surface area contributed by atoms with E-state index in [4.69, 9.17) is 5.26 Å². The molecule has 0 saturated carbocycles. The normalized spacial score (nSPS) is 20.1. The van der Waals surface area contributed by atoms with E-state index in [0.29, 0.717) is 12.5 Å². The Hall–Kier alpha value is -1.53. The summed E-state index contributed by atoms with van der Waals surface area (Å²) >= 11 is 0. The maximum absolute atomic E-state index is 8.92. The molecule has 0 radical (unpaired) electrons. The molecular weight excluding hydrogens is 210 g/mol. The largest absolute Gasteiger partial charge is 0.365 e. The molecule has 17 heavy (non-hydrogen) atoms. The number of aryl methyl sites for hydroxylation is 2. The Morgan fingerprint density at radius 1 is 1.41 bits per heavy atom. The summed E-state index contributed by atoms with van der Waals surface area (Å²) in [5.41, 5.74) is 3.92. The third-order valence-corrected chi connectivity index (χ3v) is 3.40. The molecule has 1 N–H and O–H groups in total. The first-order valence-electron chi connectivity index (χ1n) is 6.14. The van der Waals surface area contributed by atoms with Gasteiger partial charge in [-0.05, 0) is 25.0 Å². The van der Waals surface area contributed by atoms with Crippen molar-refractivity contribution in [3.05, 3.63) is 29.3 Å². The standard InChI is InChI=1S/C14H19N3/c1-11-4-3-5-12(2)14(11)17-9-8-16-10-13(17)6-7-15/h3-5,13,16H,6,8-10H2,1-2H3. The fourth-order valence-corrected chi connectivity index (χ4v) is 2.60. The van der Waals surface area contributed by atoms with E-state index in [1.807, 2.05) is 0 Å². The average molecular weight is 229 g/mol. The lowest BCUT2D eigenvalue weighted by molar-refractivity contribution is 0.480. The van der Waals surface area contributed by atoms with Gasteiger partial charge >= 0.3 is 0 Å². The van der Waals surface area contributed by atoms with Gasteiger partial charge in [0.1, 0.15) is 0 Å². The van der Waals surface area contributed by atoms with E-state index in [-0.39, 0.29) is 0 Å². The monoisotopic (exact) mass is 229 g/mol. The van der Waals surface area contributed by atoms with Crippen LogP contribution in [0.4, 0.5) is 5.69 Å².